The van der Waals surface area contributed by atoms with Crippen LogP contribution in [-0.2, 0) is 0 Å². The summed E-state index contributed by atoms with van der Waals surface area (Å²) in [6, 6.07) is -0.0614. The summed E-state index contributed by atoms with van der Waals surface area (Å²) in [7, 11) is 0. The van der Waals surface area contributed by atoms with Crippen LogP contribution in [0.15, 0.2) is 0 Å². The van der Waals surface area contributed by atoms with Gasteiger partial charge in [0.1, 0.15) is 6.17 Å². The Morgan fingerprint density at radius 1 is 1.54 bits per heavy atom. The number of aliphatic hydroxyl groups is 1. The number of piperidine rings is 1. The molecule has 0 radical (unpaired) electrons. The van der Waals surface area contributed by atoms with Crippen LogP contribution in [0.4, 0.5) is 4.39 Å². The molecule has 2 unspecified atom stereocenters. The molecule has 1 rings (SSSR count). The highest BCUT2D eigenvalue weighted by molar-refractivity contribution is 4.82. The van der Waals surface area contributed by atoms with E-state index in [9.17, 15) is 4.39 Å². The first-order valence-corrected chi connectivity index (χ1v) is 4.89. The maximum atomic E-state index is 12.8. The molecule has 0 aromatic rings. The number of halogens is 1. The number of hydrogen-bond donors (Lipinski definition) is 2. The van der Waals surface area contributed by atoms with E-state index < -0.39 is 6.17 Å². The van der Waals surface area contributed by atoms with E-state index in [1.54, 1.807) is 0 Å². The van der Waals surface area contributed by atoms with Gasteiger partial charge in [-0.2, -0.15) is 0 Å². The van der Waals surface area contributed by atoms with E-state index in [1.807, 2.05) is 6.92 Å². The Balaban J connectivity index is 2.41. The summed E-state index contributed by atoms with van der Waals surface area (Å²) in [5.74, 6) is 0. The van der Waals surface area contributed by atoms with Crippen molar-refractivity contribution in [2.45, 2.75) is 38.0 Å². The van der Waals surface area contributed by atoms with E-state index in [0.29, 0.717) is 25.9 Å². The van der Waals surface area contributed by atoms with Crippen molar-refractivity contribution in [2.75, 3.05) is 19.7 Å². The summed E-state index contributed by atoms with van der Waals surface area (Å²) in [6.07, 6.45) is 0.482. The molecule has 1 heterocycles. The van der Waals surface area contributed by atoms with E-state index in [-0.39, 0.29) is 18.7 Å². The average molecular weight is 190 g/mol. The first-order chi connectivity index (χ1) is 6.15. The smallest absolute Gasteiger partial charge is 0.103 e. The van der Waals surface area contributed by atoms with E-state index in [2.05, 4.69) is 4.90 Å². The summed E-state index contributed by atoms with van der Waals surface area (Å²) >= 11 is 0. The summed E-state index contributed by atoms with van der Waals surface area (Å²) in [5, 5.41) is 9.10. The monoisotopic (exact) mass is 190 g/mol. The molecule has 78 valence electrons. The van der Waals surface area contributed by atoms with Gasteiger partial charge in [0, 0.05) is 25.2 Å². The zero-order valence-electron chi connectivity index (χ0n) is 8.12. The number of nitrogens with zero attached hydrogens (tertiary/aromatic N) is 1. The lowest BCUT2D eigenvalue weighted by Gasteiger charge is -2.36. The molecule has 13 heavy (non-hydrogen) atoms. The number of rotatable bonds is 3. The van der Waals surface area contributed by atoms with Gasteiger partial charge in [-0.1, -0.05) is 0 Å². The van der Waals surface area contributed by atoms with Crippen LogP contribution in [-0.4, -0.2) is 48.0 Å². The highest BCUT2D eigenvalue weighted by Crippen LogP contribution is 2.16. The van der Waals surface area contributed by atoms with E-state index in [4.69, 9.17) is 10.8 Å². The topological polar surface area (TPSA) is 49.5 Å². The van der Waals surface area contributed by atoms with Gasteiger partial charge in [0.05, 0.1) is 6.61 Å². The van der Waals surface area contributed by atoms with Crippen LogP contribution in [0.25, 0.3) is 0 Å². The Bertz CT molecular complexity index is 147. The molecule has 1 saturated heterocycles. The molecule has 0 amide bonds. The minimum absolute atomic E-state index is 0.00694. The van der Waals surface area contributed by atoms with Crippen molar-refractivity contribution in [3.8, 4) is 0 Å². The lowest BCUT2D eigenvalue weighted by Crippen LogP contribution is -2.51. The molecule has 0 spiro atoms. The van der Waals surface area contributed by atoms with E-state index >= 15 is 0 Å². The lowest BCUT2D eigenvalue weighted by molar-refractivity contribution is 0.0651. The number of likely N-dealkylation sites (tertiary alicyclic amines) is 1. The highest BCUT2D eigenvalue weighted by Gasteiger charge is 2.26. The van der Waals surface area contributed by atoms with Crippen molar-refractivity contribution in [3.05, 3.63) is 0 Å². The fourth-order valence-electron chi connectivity index (χ4n) is 1.81. The van der Waals surface area contributed by atoms with Gasteiger partial charge in [-0.05, 0) is 19.8 Å². The molecular weight excluding hydrogens is 171 g/mol. The van der Waals surface area contributed by atoms with Crippen LogP contribution in [0.1, 0.15) is 19.8 Å². The summed E-state index contributed by atoms with van der Waals surface area (Å²) in [5.41, 5.74) is 5.72. The molecule has 1 fully saturated rings. The zero-order valence-corrected chi connectivity index (χ0v) is 8.12. The second-order valence-corrected chi connectivity index (χ2v) is 3.82. The van der Waals surface area contributed by atoms with Crippen LogP contribution in [0, 0.1) is 0 Å². The quantitative estimate of drug-likeness (QED) is 0.665. The van der Waals surface area contributed by atoms with E-state index in [0.717, 1.165) is 0 Å². The van der Waals surface area contributed by atoms with Crippen LogP contribution in [0.3, 0.4) is 0 Å². The first kappa shape index (κ1) is 10.9. The van der Waals surface area contributed by atoms with Crippen molar-refractivity contribution in [1.29, 1.82) is 0 Å². The molecule has 4 heteroatoms. The second-order valence-electron chi connectivity index (χ2n) is 3.82. The van der Waals surface area contributed by atoms with Crippen LogP contribution >= 0.6 is 0 Å². The minimum atomic E-state index is -0.663. The van der Waals surface area contributed by atoms with Crippen molar-refractivity contribution in [1.82, 2.24) is 4.90 Å². The molecule has 0 saturated carbocycles. The summed E-state index contributed by atoms with van der Waals surface area (Å²) in [6.45, 7) is 3.37. The van der Waals surface area contributed by atoms with Crippen molar-refractivity contribution >= 4 is 0 Å². The Morgan fingerprint density at radius 2 is 2.08 bits per heavy atom. The minimum Gasteiger partial charge on any atom is -0.395 e. The third-order valence-corrected chi connectivity index (χ3v) is 2.72. The molecule has 3 N–H and O–H groups in total. The largest absolute Gasteiger partial charge is 0.395 e. The van der Waals surface area contributed by atoms with Gasteiger partial charge in [-0.15, -0.1) is 0 Å². The molecule has 3 nitrogen and oxygen atoms in total. The molecule has 2 atom stereocenters. The lowest BCUT2D eigenvalue weighted by atomic mass is 10.0. The molecule has 0 aromatic heterocycles. The van der Waals surface area contributed by atoms with E-state index in [1.165, 1.54) is 0 Å². The van der Waals surface area contributed by atoms with Crippen molar-refractivity contribution < 1.29 is 9.50 Å². The fourth-order valence-corrected chi connectivity index (χ4v) is 1.81. The normalized spacial score (nSPS) is 25.8. The average Bonchev–Trinajstić information content (AvgIpc) is 2.09. The van der Waals surface area contributed by atoms with Crippen LogP contribution in [0.2, 0.25) is 0 Å². The van der Waals surface area contributed by atoms with Gasteiger partial charge in [0.15, 0.2) is 0 Å². The molecule has 1 aliphatic heterocycles. The Kier molecular flexibility index (Phi) is 4.09. The Labute approximate surface area is 78.7 Å². The van der Waals surface area contributed by atoms with Crippen LogP contribution in [0.5, 0.6) is 0 Å². The highest BCUT2D eigenvalue weighted by atomic mass is 19.1. The standard InChI is InChI=1S/C9H19FN2O/c1-7(11)9(6-13)12-4-2-8(10)3-5-12/h7-9,13H,2-6,11H2,1H3. The van der Waals surface area contributed by atoms with Crippen molar-refractivity contribution in [2.24, 2.45) is 5.73 Å². The number of aliphatic hydroxyl groups excluding tert-OH is 1. The third-order valence-electron chi connectivity index (χ3n) is 2.72. The fraction of sp³-hybridized carbons (Fsp3) is 1.00. The number of alkyl halides is 1. The SMILES string of the molecule is CC(N)C(CO)N1CCC(F)CC1. The van der Waals surface area contributed by atoms with Crippen LogP contribution < -0.4 is 5.73 Å². The van der Waals surface area contributed by atoms with Gasteiger partial charge in [0.2, 0.25) is 0 Å². The van der Waals surface area contributed by atoms with Gasteiger partial charge < -0.3 is 10.8 Å². The molecule has 0 aliphatic carbocycles. The predicted octanol–water partition coefficient (Wildman–Crippen LogP) is 0.128. The van der Waals surface area contributed by atoms with Gasteiger partial charge in [-0.3, -0.25) is 4.90 Å². The second kappa shape index (κ2) is 4.88. The molecule has 0 aromatic carbocycles. The maximum absolute atomic E-state index is 12.8. The zero-order chi connectivity index (χ0) is 9.84. The molecule has 0 bridgehead atoms. The van der Waals surface area contributed by atoms with Gasteiger partial charge in [-0.25, -0.2) is 4.39 Å². The predicted molar refractivity (Wildman–Crippen MR) is 50.2 cm³/mol. The molecular formula is C9H19FN2O. The van der Waals surface area contributed by atoms with Crippen molar-refractivity contribution in [3.63, 3.8) is 0 Å². The molecule has 1 aliphatic rings. The Morgan fingerprint density at radius 3 is 2.46 bits per heavy atom. The number of nitrogens with two attached hydrogens (primary N) is 1. The summed E-state index contributed by atoms with van der Waals surface area (Å²) in [4.78, 5) is 2.08. The summed E-state index contributed by atoms with van der Waals surface area (Å²) < 4.78 is 12.8. The third kappa shape index (κ3) is 2.90. The first-order valence-electron chi connectivity index (χ1n) is 4.89. The van der Waals surface area contributed by atoms with Gasteiger partial charge in [0.25, 0.3) is 0 Å². The number of hydrogen-bond acceptors (Lipinski definition) is 3. The maximum Gasteiger partial charge on any atom is 0.103 e. The van der Waals surface area contributed by atoms with Gasteiger partial charge >= 0.3 is 0 Å². The Hall–Kier alpha value is -0.190.